The molecule has 0 saturated heterocycles. The molecule has 0 unspecified atom stereocenters. The Morgan fingerprint density at radius 2 is 1.96 bits per heavy atom. The van der Waals surface area contributed by atoms with Gasteiger partial charge in [0.1, 0.15) is 5.67 Å². The molecule has 0 radical (unpaired) electrons. The number of ketones is 3. The quantitative estimate of drug-likeness (QED) is 0.579. The van der Waals surface area contributed by atoms with Crippen LogP contribution in [0, 0.1) is 22.7 Å². The Hall–Kier alpha value is -1.69. The van der Waals surface area contributed by atoms with Crippen molar-refractivity contribution in [1.29, 1.82) is 0 Å². The summed E-state index contributed by atoms with van der Waals surface area (Å²) < 4.78 is 30.0. The molecule has 0 aromatic heterocycles. The third-order valence-corrected chi connectivity index (χ3v) is 8.67. The van der Waals surface area contributed by atoms with Crippen LogP contribution < -0.4 is 0 Å². The van der Waals surface area contributed by atoms with Crippen molar-refractivity contribution in [3.05, 3.63) is 23.8 Å². The lowest BCUT2D eigenvalue weighted by molar-refractivity contribution is -0.180. The number of alkyl halides is 2. The maximum atomic E-state index is 16.7. The largest absolute Gasteiger partial charge is 0.377 e. The normalized spacial score (nSPS) is 47.9. The van der Waals surface area contributed by atoms with Gasteiger partial charge in [0.05, 0.1) is 0 Å². The lowest BCUT2D eigenvalue weighted by Gasteiger charge is -2.61. The Bertz CT molecular complexity index is 847. The molecule has 0 aromatic carbocycles. The topological polar surface area (TPSA) is 71.4 Å². The zero-order valence-electron chi connectivity index (χ0n) is 16.3. The molecule has 0 aliphatic heterocycles. The SMILES string of the molecule is C=C1C[C@H]2[C@@H]3CCC4=CC(=O)C(=O)C[C@]4(C)[C@@]3(F)CC[C@]2(C)[C@@]1(O)C(=O)CF. The Labute approximate surface area is 163 Å². The Morgan fingerprint density at radius 1 is 1.29 bits per heavy atom. The van der Waals surface area contributed by atoms with E-state index in [1.165, 1.54) is 6.08 Å². The predicted molar refractivity (Wildman–Crippen MR) is 97.9 cm³/mol. The van der Waals surface area contributed by atoms with Crippen molar-refractivity contribution in [2.24, 2.45) is 22.7 Å². The van der Waals surface area contributed by atoms with Gasteiger partial charge in [-0.2, -0.15) is 0 Å². The summed E-state index contributed by atoms with van der Waals surface area (Å²) in [6.07, 6.45) is 2.63. The highest BCUT2D eigenvalue weighted by molar-refractivity contribution is 6.42. The molecule has 28 heavy (non-hydrogen) atoms. The number of fused-ring (bicyclic) bond motifs is 5. The van der Waals surface area contributed by atoms with Crippen LogP contribution in [0.1, 0.15) is 52.4 Å². The first-order valence-corrected chi connectivity index (χ1v) is 9.93. The first-order chi connectivity index (χ1) is 13.0. The van der Waals surface area contributed by atoms with Gasteiger partial charge in [0.2, 0.25) is 11.6 Å². The van der Waals surface area contributed by atoms with E-state index < -0.39 is 52.0 Å². The van der Waals surface area contributed by atoms with Gasteiger partial charge in [-0.25, -0.2) is 8.78 Å². The Morgan fingerprint density at radius 3 is 2.61 bits per heavy atom. The predicted octanol–water partition coefficient (Wildman–Crippen LogP) is 3.23. The third-order valence-electron chi connectivity index (χ3n) is 8.67. The average molecular weight is 392 g/mol. The fourth-order valence-corrected chi connectivity index (χ4v) is 6.93. The molecular formula is C22H26F2O4. The first kappa shape index (κ1) is 19.6. The molecule has 4 aliphatic rings. The monoisotopic (exact) mass is 392 g/mol. The standard InChI is InChI=1S/C22H26F2O4/c1-12-8-15-14-5-4-13-9-16(25)17(26)10-20(13,3)21(14,24)7-6-19(15,2)22(12,28)18(27)11-23/h9,14-15,28H,1,4-8,10-11H2,2-3H3/t14-,15-,19-,20-,21+,22-/m0/s1. The van der Waals surface area contributed by atoms with E-state index in [-0.39, 0.29) is 37.2 Å². The molecule has 6 heteroatoms. The highest BCUT2D eigenvalue weighted by atomic mass is 19.1. The summed E-state index contributed by atoms with van der Waals surface area (Å²) >= 11 is 0. The number of aliphatic hydroxyl groups is 1. The minimum atomic E-state index is -1.98. The summed E-state index contributed by atoms with van der Waals surface area (Å²) in [5.41, 5.74) is -4.81. The molecule has 4 nitrogen and oxygen atoms in total. The van der Waals surface area contributed by atoms with Crippen LogP contribution in [-0.4, -0.2) is 40.4 Å². The number of carbonyl (C=O) groups is 3. The highest BCUT2D eigenvalue weighted by Gasteiger charge is 2.72. The van der Waals surface area contributed by atoms with Gasteiger partial charge in [0, 0.05) is 17.3 Å². The number of halogens is 2. The summed E-state index contributed by atoms with van der Waals surface area (Å²) in [4.78, 5) is 36.3. The fourth-order valence-electron chi connectivity index (χ4n) is 6.93. The number of carbonyl (C=O) groups excluding carboxylic acids is 3. The van der Waals surface area contributed by atoms with Gasteiger partial charge in [0.15, 0.2) is 18.1 Å². The number of rotatable bonds is 2. The molecule has 4 rings (SSSR count). The van der Waals surface area contributed by atoms with E-state index in [1.54, 1.807) is 13.8 Å². The summed E-state index contributed by atoms with van der Waals surface area (Å²) in [5, 5.41) is 11.2. The van der Waals surface area contributed by atoms with E-state index in [9.17, 15) is 23.9 Å². The second-order valence-corrected chi connectivity index (χ2v) is 9.57. The molecule has 1 N–H and O–H groups in total. The molecule has 0 amide bonds. The number of allylic oxidation sites excluding steroid dienone is 1. The van der Waals surface area contributed by atoms with Crippen LogP contribution in [0.5, 0.6) is 0 Å². The number of hydrogen-bond donors (Lipinski definition) is 1. The van der Waals surface area contributed by atoms with E-state index in [2.05, 4.69) is 6.58 Å². The lowest BCUT2D eigenvalue weighted by atomic mass is 9.44. The van der Waals surface area contributed by atoms with Gasteiger partial charge in [-0.15, -0.1) is 0 Å². The van der Waals surface area contributed by atoms with Crippen LogP contribution in [0.4, 0.5) is 8.78 Å². The Balaban J connectivity index is 1.80. The van der Waals surface area contributed by atoms with Gasteiger partial charge in [-0.3, -0.25) is 14.4 Å². The molecule has 0 aromatic rings. The van der Waals surface area contributed by atoms with Gasteiger partial charge < -0.3 is 5.11 Å². The minimum Gasteiger partial charge on any atom is -0.377 e. The van der Waals surface area contributed by atoms with Gasteiger partial charge in [-0.1, -0.05) is 26.0 Å². The van der Waals surface area contributed by atoms with Crippen molar-refractivity contribution < 1.29 is 28.3 Å². The van der Waals surface area contributed by atoms with E-state index >= 15 is 4.39 Å². The molecular weight excluding hydrogens is 366 g/mol. The van der Waals surface area contributed by atoms with Gasteiger partial charge in [0.25, 0.3) is 0 Å². The van der Waals surface area contributed by atoms with Crippen molar-refractivity contribution in [3.63, 3.8) is 0 Å². The first-order valence-electron chi connectivity index (χ1n) is 9.93. The highest BCUT2D eigenvalue weighted by Crippen LogP contribution is 2.70. The van der Waals surface area contributed by atoms with E-state index in [1.807, 2.05) is 0 Å². The smallest absolute Gasteiger partial charge is 0.221 e. The summed E-state index contributed by atoms with van der Waals surface area (Å²) in [6.45, 7) is 6.03. The van der Waals surface area contributed by atoms with E-state index in [0.717, 1.165) is 0 Å². The summed E-state index contributed by atoms with van der Waals surface area (Å²) in [5.74, 6) is -2.91. The molecule has 3 saturated carbocycles. The zero-order chi connectivity index (χ0) is 20.7. The van der Waals surface area contributed by atoms with Crippen molar-refractivity contribution in [1.82, 2.24) is 0 Å². The number of Topliss-reactive ketones (excluding diaryl/α,β-unsaturated/α-hetero) is 2. The van der Waals surface area contributed by atoms with Crippen LogP contribution in [0.15, 0.2) is 23.8 Å². The lowest BCUT2D eigenvalue weighted by Crippen LogP contribution is -2.64. The van der Waals surface area contributed by atoms with Crippen molar-refractivity contribution in [2.75, 3.05) is 6.67 Å². The zero-order valence-corrected chi connectivity index (χ0v) is 16.3. The van der Waals surface area contributed by atoms with Crippen molar-refractivity contribution >= 4 is 17.3 Å². The van der Waals surface area contributed by atoms with Gasteiger partial charge in [-0.05, 0) is 55.6 Å². The fraction of sp³-hybridized carbons (Fsp3) is 0.682. The second-order valence-electron chi connectivity index (χ2n) is 9.57. The molecule has 3 fully saturated rings. The van der Waals surface area contributed by atoms with E-state index in [0.29, 0.717) is 18.4 Å². The van der Waals surface area contributed by atoms with Crippen LogP contribution in [0.2, 0.25) is 0 Å². The van der Waals surface area contributed by atoms with Crippen LogP contribution >= 0.6 is 0 Å². The van der Waals surface area contributed by atoms with Crippen LogP contribution in [0.3, 0.4) is 0 Å². The number of hydrogen-bond acceptors (Lipinski definition) is 4. The molecule has 0 spiro atoms. The maximum Gasteiger partial charge on any atom is 0.221 e. The molecule has 4 aliphatic carbocycles. The minimum absolute atomic E-state index is 0.0507. The van der Waals surface area contributed by atoms with Gasteiger partial charge >= 0.3 is 0 Å². The molecule has 152 valence electrons. The Kier molecular flexibility index (Phi) is 3.98. The van der Waals surface area contributed by atoms with Crippen molar-refractivity contribution in [3.8, 4) is 0 Å². The van der Waals surface area contributed by atoms with E-state index in [4.69, 9.17) is 0 Å². The molecule has 0 heterocycles. The molecule has 0 bridgehead atoms. The summed E-state index contributed by atoms with van der Waals surface area (Å²) in [7, 11) is 0. The average Bonchev–Trinajstić information content (AvgIpc) is 2.85. The second kappa shape index (κ2) is 5.68. The van der Waals surface area contributed by atoms with Crippen LogP contribution in [-0.2, 0) is 14.4 Å². The van der Waals surface area contributed by atoms with Crippen LogP contribution in [0.25, 0.3) is 0 Å². The third kappa shape index (κ3) is 2.00. The summed E-state index contributed by atoms with van der Waals surface area (Å²) in [6, 6.07) is 0. The van der Waals surface area contributed by atoms with Crippen molar-refractivity contribution in [2.45, 2.75) is 63.6 Å². The maximum absolute atomic E-state index is 16.7. The molecule has 6 atom stereocenters.